The Morgan fingerprint density at radius 2 is 1.93 bits per heavy atom. The zero-order valence-corrected chi connectivity index (χ0v) is 17.1. The molecule has 1 aliphatic heterocycles. The van der Waals surface area contributed by atoms with E-state index in [0.717, 1.165) is 31.7 Å². The van der Waals surface area contributed by atoms with Crippen LogP contribution in [0.1, 0.15) is 48.5 Å². The van der Waals surface area contributed by atoms with E-state index in [1.54, 1.807) is 19.2 Å². The van der Waals surface area contributed by atoms with Crippen molar-refractivity contribution < 1.29 is 14.5 Å². The monoisotopic (exact) mass is 397 g/mol. The SMILES string of the molecule is COc1cccc(C2CCN(c3ccc(C(=O)NC(C)C)cc3[N+](=O)[O-])CC2)c1. The van der Waals surface area contributed by atoms with Gasteiger partial charge in [-0.1, -0.05) is 12.1 Å². The molecule has 0 spiro atoms. The van der Waals surface area contributed by atoms with E-state index in [4.69, 9.17) is 4.74 Å². The fourth-order valence-electron chi connectivity index (χ4n) is 3.77. The van der Waals surface area contributed by atoms with Crippen molar-refractivity contribution >= 4 is 17.3 Å². The first kappa shape index (κ1) is 20.6. The molecule has 0 bridgehead atoms. The fourth-order valence-corrected chi connectivity index (χ4v) is 3.77. The van der Waals surface area contributed by atoms with Gasteiger partial charge in [0.05, 0.1) is 12.0 Å². The maximum absolute atomic E-state index is 12.2. The number of nitrogens with zero attached hydrogens (tertiary/aromatic N) is 2. The molecule has 0 atom stereocenters. The number of nitrogens with one attached hydrogen (secondary N) is 1. The Morgan fingerprint density at radius 3 is 2.55 bits per heavy atom. The molecule has 3 rings (SSSR count). The lowest BCUT2D eigenvalue weighted by Gasteiger charge is -2.33. The van der Waals surface area contributed by atoms with Crippen LogP contribution in [0.15, 0.2) is 42.5 Å². The third kappa shape index (κ3) is 4.85. The number of hydrogen-bond donors (Lipinski definition) is 1. The fraction of sp³-hybridized carbons (Fsp3) is 0.409. The molecule has 154 valence electrons. The van der Waals surface area contributed by atoms with Gasteiger partial charge < -0.3 is 15.0 Å². The predicted octanol–water partition coefficient (Wildman–Crippen LogP) is 4.13. The summed E-state index contributed by atoms with van der Waals surface area (Å²) in [6.45, 7) is 5.15. The van der Waals surface area contributed by atoms with Crippen molar-refractivity contribution in [3.63, 3.8) is 0 Å². The second-order valence-corrected chi connectivity index (χ2v) is 7.63. The molecular weight excluding hydrogens is 370 g/mol. The van der Waals surface area contributed by atoms with Crippen molar-refractivity contribution in [3.8, 4) is 5.75 Å². The Labute approximate surface area is 170 Å². The van der Waals surface area contributed by atoms with E-state index >= 15 is 0 Å². The highest BCUT2D eigenvalue weighted by molar-refractivity contribution is 5.96. The summed E-state index contributed by atoms with van der Waals surface area (Å²) in [5.74, 6) is 0.943. The summed E-state index contributed by atoms with van der Waals surface area (Å²) >= 11 is 0. The summed E-state index contributed by atoms with van der Waals surface area (Å²) in [7, 11) is 1.66. The molecule has 2 aromatic carbocycles. The minimum Gasteiger partial charge on any atom is -0.497 e. The maximum Gasteiger partial charge on any atom is 0.293 e. The number of hydrogen-bond acceptors (Lipinski definition) is 5. The highest BCUT2D eigenvalue weighted by Gasteiger charge is 2.27. The Bertz CT molecular complexity index is 889. The smallest absolute Gasteiger partial charge is 0.293 e. The molecule has 1 aliphatic rings. The first-order valence-corrected chi connectivity index (χ1v) is 9.87. The van der Waals surface area contributed by atoms with Gasteiger partial charge in [-0.05, 0) is 62.4 Å². The lowest BCUT2D eigenvalue weighted by molar-refractivity contribution is -0.384. The quantitative estimate of drug-likeness (QED) is 0.585. The van der Waals surface area contributed by atoms with E-state index in [1.807, 2.05) is 30.9 Å². The number of benzene rings is 2. The molecule has 7 heteroatoms. The molecule has 29 heavy (non-hydrogen) atoms. The summed E-state index contributed by atoms with van der Waals surface area (Å²) < 4.78 is 5.31. The summed E-state index contributed by atoms with van der Waals surface area (Å²) in [6, 6.07) is 12.8. The number of carbonyl (C=O) groups excluding carboxylic acids is 1. The first-order valence-electron chi connectivity index (χ1n) is 9.87. The number of methoxy groups -OCH3 is 1. The van der Waals surface area contributed by atoms with Gasteiger partial charge in [0.1, 0.15) is 11.4 Å². The topological polar surface area (TPSA) is 84.7 Å². The molecule has 1 fully saturated rings. The highest BCUT2D eigenvalue weighted by atomic mass is 16.6. The van der Waals surface area contributed by atoms with Gasteiger partial charge in [-0.15, -0.1) is 0 Å². The molecule has 0 aliphatic carbocycles. The number of ether oxygens (including phenoxy) is 1. The van der Waals surface area contributed by atoms with Crippen LogP contribution in [0.2, 0.25) is 0 Å². The predicted molar refractivity (Wildman–Crippen MR) is 113 cm³/mol. The average Bonchev–Trinajstić information content (AvgIpc) is 2.73. The van der Waals surface area contributed by atoms with Crippen LogP contribution < -0.4 is 15.0 Å². The van der Waals surface area contributed by atoms with Crippen molar-refractivity contribution in [3.05, 3.63) is 63.7 Å². The second-order valence-electron chi connectivity index (χ2n) is 7.63. The maximum atomic E-state index is 12.2. The number of rotatable bonds is 6. The van der Waals surface area contributed by atoms with Crippen LogP contribution in [0.5, 0.6) is 5.75 Å². The molecule has 1 saturated heterocycles. The van der Waals surface area contributed by atoms with Gasteiger partial charge in [0.2, 0.25) is 0 Å². The third-order valence-electron chi connectivity index (χ3n) is 5.25. The molecule has 0 unspecified atom stereocenters. The van der Waals surface area contributed by atoms with Gasteiger partial charge in [0, 0.05) is 30.8 Å². The van der Waals surface area contributed by atoms with Crippen molar-refractivity contribution in [1.29, 1.82) is 0 Å². The Morgan fingerprint density at radius 1 is 1.21 bits per heavy atom. The Kier molecular flexibility index (Phi) is 6.36. The molecule has 7 nitrogen and oxygen atoms in total. The first-order chi connectivity index (χ1) is 13.9. The summed E-state index contributed by atoms with van der Waals surface area (Å²) in [5.41, 5.74) is 2.08. The third-order valence-corrected chi connectivity index (χ3v) is 5.25. The van der Waals surface area contributed by atoms with Crippen LogP contribution in [0, 0.1) is 10.1 Å². The zero-order valence-electron chi connectivity index (χ0n) is 17.1. The van der Waals surface area contributed by atoms with Crippen LogP contribution in [-0.4, -0.2) is 37.1 Å². The van der Waals surface area contributed by atoms with Gasteiger partial charge in [-0.2, -0.15) is 0 Å². The van der Waals surface area contributed by atoms with E-state index in [0.29, 0.717) is 17.2 Å². The number of anilines is 1. The highest BCUT2D eigenvalue weighted by Crippen LogP contribution is 2.36. The van der Waals surface area contributed by atoms with Gasteiger partial charge >= 0.3 is 0 Å². The molecule has 1 heterocycles. The zero-order chi connectivity index (χ0) is 21.0. The minimum atomic E-state index is -0.407. The van der Waals surface area contributed by atoms with Gasteiger partial charge in [0.25, 0.3) is 11.6 Å². The van der Waals surface area contributed by atoms with Gasteiger partial charge in [-0.25, -0.2) is 0 Å². The lowest BCUT2D eigenvalue weighted by atomic mass is 9.89. The Balaban J connectivity index is 1.75. The molecule has 0 saturated carbocycles. The van der Waals surface area contributed by atoms with Gasteiger partial charge in [-0.3, -0.25) is 14.9 Å². The largest absolute Gasteiger partial charge is 0.497 e. The van der Waals surface area contributed by atoms with Crippen LogP contribution >= 0.6 is 0 Å². The Hall–Kier alpha value is -3.09. The van der Waals surface area contributed by atoms with E-state index in [-0.39, 0.29) is 17.6 Å². The molecular formula is C22H27N3O4. The van der Waals surface area contributed by atoms with Crippen molar-refractivity contribution in [2.75, 3.05) is 25.1 Å². The van der Waals surface area contributed by atoms with E-state index in [1.165, 1.54) is 11.6 Å². The average molecular weight is 397 g/mol. The molecule has 1 amide bonds. The molecule has 0 radical (unpaired) electrons. The molecule has 2 aromatic rings. The lowest BCUT2D eigenvalue weighted by Crippen LogP contribution is -2.33. The number of nitro groups is 1. The van der Waals surface area contributed by atoms with Crippen LogP contribution in [0.25, 0.3) is 0 Å². The van der Waals surface area contributed by atoms with E-state index in [2.05, 4.69) is 17.4 Å². The summed E-state index contributed by atoms with van der Waals surface area (Å²) in [4.78, 5) is 25.5. The molecule has 1 N–H and O–H groups in total. The van der Waals surface area contributed by atoms with Crippen molar-refractivity contribution in [2.45, 2.75) is 38.6 Å². The minimum absolute atomic E-state index is 0.0266. The molecule has 0 aromatic heterocycles. The number of piperidine rings is 1. The van der Waals surface area contributed by atoms with E-state index < -0.39 is 4.92 Å². The summed E-state index contributed by atoms with van der Waals surface area (Å²) in [5, 5.41) is 14.4. The van der Waals surface area contributed by atoms with Crippen molar-refractivity contribution in [2.24, 2.45) is 0 Å². The standard InChI is InChI=1S/C22H27N3O4/c1-15(2)23-22(26)18-7-8-20(21(14-18)25(27)28)24-11-9-16(10-12-24)17-5-4-6-19(13-17)29-3/h4-8,13-16H,9-12H2,1-3H3,(H,23,26). The van der Waals surface area contributed by atoms with Crippen LogP contribution in [0.4, 0.5) is 11.4 Å². The second kappa shape index (κ2) is 8.94. The van der Waals surface area contributed by atoms with Crippen LogP contribution in [-0.2, 0) is 0 Å². The number of amides is 1. The summed E-state index contributed by atoms with van der Waals surface area (Å²) in [6.07, 6.45) is 1.81. The van der Waals surface area contributed by atoms with Crippen molar-refractivity contribution in [1.82, 2.24) is 5.32 Å². The van der Waals surface area contributed by atoms with E-state index in [9.17, 15) is 14.9 Å². The normalized spacial score (nSPS) is 14.7. The van der Waals surface area contributed by atoms with Gasteiger partial charge in [0.15, 0.2) is 0 Å². The van der Waals surface area contributed by atoms with Crippen LogP contribution in [0.3, 0.4) is 0 Å². The number of nitro benzene ring substituents is 1. The number of carbonyl (C=O) groups is 1.